The third kappa shape index (κ3) is 2.87. The molecule has 0 spiro atoms. The molecule has 7 nitrogen and oxygen atoms in total. The number of unbranched alkanes of at least 4 members (excludes halogenated alkanes) is 1. The van der Waals surface area contributed by atoms with E-state index in [1.807, 2.05) is 0 Å². The van der Waals surface area contributed by atoms with Crippen LogP contribution in [0.3, 0.4) is 0 Å². The Morgan fingerprint density at radius 3 is 2.62 bits per heavy atom. The molecule has 118 valence electrons. The molecule has 2 saturated heterocycles. The Hall–Kier alpha value is -1.28. The van der Waals surface area contributed by atoms with Crippen LogP contribution in [0.1, 0.15) is 33.1 Å². The van der Waals surface area contributed by atoms with Crippen molar-refractivity contribution in [2.75, 3.05) is 6.61 Å². The summed E-state index contributed by atoms with van der Waals surface area (Å²) in [6, 6.07) is -1.50. The molecule has 21 heavy (non-hydrogen) atoms. The molecule has 0 saturated carbocycles. The smallest absolute Gasteiger partial charge is 0.327 e. The molecule has 0 bridgehead atoms. The molecule has 2 rings (SSSR count). The molecule has 0 aromatic carbocycles. The summed E-state index contributed by atoms with van der Waals surface area (Å²) < 4.78 is -0.581. The summed E-state index contributed by atoms with van der Waals surface area (Å²) in [7, 11) is 0. The second-order valence-corrected chi connectivity index (χ2v) is 7.59. The standard InChI is InChI=1S/C13H20N2O5S/c1-13(2)9(12(19)20)15-10(18)8(11(15)21-13)14-7(17)5-3-4-6-16/h8-9,11,16H,3-6H2,1-2H3,(H,14,17)(H,19,20)/t8-,9+,11-/m1/s1. The van der Waals surface area contributed by atoms with Crippen molar-refractivity contribution in [1.82, 2.24) is 10.2 Å². The lowest BCUT2D eigenvalue weighted by atomic mass is 9.96. The fraction of sp³-hybridized carbons (Fsp3) is 0.769. The number of β-lactam (4-membered cyclic amide) rings is 1. The molecule has 0 aromatic heterocycles. The molecule has 0 radical (unpaired) electrons. The van der Waals surface area contributed by atoms with Gasteiger partial charge in [0.15, 0.2) is 0 Å². The first-order valence-corrected chi connectivity index (χ1v) is 7.80. The van der Waals surface area contributed by atoms with E-state index in [1.54, 1.807) is 13.8 Å². The lowest BCUT2D eigenvalue weighted by molar-refractivity contribution is -0.161. The highest BCUT2D eigenvalue weighted by Gasteiger charge is 2.64. The van der Waals surface area contributed by atoms with Crippen LogP contribution in [0, 0.1) is 0 Å². The van der Waals surface area contributed by atoms with E-state index in [2.05, 4.69) is 5.32 Å². The van der Waals surface area contributed by atoms with Gasteiger partial charge < -0.3 is 20.4 Å². The molecule has 3 N–H and O–H groups in total. The SMILES string of the molecule is CC1(C)S[C@@H]2[C@H](NC(=O)CCCCO)C(=O)N2[C@H]1C(=O)O. The zero-order valence-corrected chi connectivity index (χ0v) is 12.9. The molecule has 0 aliphatic carbocycles. The Morgan fingerprint density at radius 2 is 2.05 bits per heavy atom. The van der Waals surface area contributed by atoms with Crippen LogP contribution in [0.2, 0.25) is 0 Å². The normalized spacial score (nSPS) is 29.8. The van der Waals surface area contributed by atoms with Gasteiger partial charge in [-0.15, -0.1) is 11.8 Å². The second-order valence-electron chi connectivity index (χ2n) is 5.82. The summed E-state index contributed by atoms with van der Waals surface area (Å²) in [4.78, 5) is 36.5. The molecule has 0 aromatic rings. The van der Waals surface area contributed by atoms with Gasteiger partial charge in [0.2, 0.25) is 11.8 Å². The molecule has 8 heteroatoms. The van der Waals surface area contributed by atoms with Crippen LogP contribution in [0.5, 0.6) is 0 Å². The van der Waals surface area contributed by atoms with Crippen molar-refractivity contribution < 1.29 is 24.6 Å². The van der Waals surface area contributed by atoms with E-state index in [0.717, 1.165) is 0 Å². The van der Waals surface area contributed by atoms with Gasteiger partial charge in [0, 0.05) is 17.8 Å². The Morgan fingerprint density at radius 1 is 1.38 bits per heavy atom. The van der Waals surface area contributed by atoms with Gasteiger partial charge in [0.25, 0.3) is 0 Å². The number of carbonyl (C=O) groups excluding carboxylic acids is 2. The van der Waals surface area contributed by atoms with Crippen molar-refractivity contribution in [1.29, 1.82) is 0 Å². The third-order valence-electron chi connectivity index (χ3n) is 3.80. The van der Waals surface area contributed by atoms with E-state index in [1.165, 1.54) is 16.7 Å². The number of thioether (sulfide) groups is 1. The van der Waals surface area contributed by atoms with Gasteiger partial charge in [-0.3, -0.25) is 9.59 Å². The summed E-state index contributed by atoms with van der Waals surface area (Å²) >= 11 is 1.41. The van der Waals surface area contributed by atoms with Gasteiger partial charge in [-0.05, 0) is 26.7 Å². The number of amides is 2. The minimum Gasteiger partial charge on any atom is -0.480 e. The van der Waals surface area contributed by atoms with Crippen molar-refractivity contribution in [3.05, 3.63) is 0 Å². The highest BCUT2D eigenvalue weighted by molar-refractivity contribution is 8.01. The summed E-state index contributed by atoms with van der Waals surface area (Å²) in [6.45, 7) is 3.63. The van der Waals surface area contributed by atoms with Crippen LogP contribution in [0.4, 0.5) is 0 Å². The van der Waals surface area contributed by atoms with Gasteiger partial charge >= 0.3 is 5.97 Å². The number of nitrogens with one attached hydrogen (secondary N) is 1. The third-order valence-corrected chi connectivity index (χ3v) is 5.37. The van der Waals surface area contributed by atoms with Crippen LogP contribution in [0.15, 0.2) is 0 Å². The molecule has 2 amide bonds. The maximum absolute atomic E-state index is 12.1. The summed E-state index contributed by atoms with van der Waals surface area (Å²) in [5.74, 6) is -1.59. The second kappa shape index (κ2) is 5.84. The van der Waals surface area contributed by atoms with E-state index in [4.69, 9.17) is 5.11 Å². The number of carbonyl (C=O) groups is 3. The fourth-order valence-corrected chi connectivity index (χ4v) is 4.41. The van der Waals surface area contributed by atoms with Crippen LogP contribution < -0.4 is 5.32 Å². The maximum Gasteiger partial charge on any atom is 0.327 e. The van der Waals surface area contributed by atoms with Crippen molar-refractivity contribution in [3.8, 4) is 0 Å². The van der Waals surface area contributed by atoms with Crippen molar-refractivity contribution in [3.63, 3.8) is 0 Å². The van der Waals surface area contributed by atoms with E-state index in [9.17, 15) is 19.5 Å². The van der Waals surface area contributed by atoms with E-state index < -0.39 is 22.8 Å². The van der Waals surface area contributed by atoms with Crippen LogP contribution in [-0.4, -0.2) is 61.7 Å². The van der Waals surface area contributed by atoms with E-state index >= 15 is 0 Å². The Kier molecular flexibility index (Phi) is 4.48. The number of aliphatic carboxylic acids is 1. The number of aliphatic hydroxyl groups is 1. The summed E-state index contributed by atoms with van der Waals surface area (Å²) in [6.07, 6.45) is 1.37. The number of aliphatic hydroxyl groups excluding tert-OH is 1. The molecule has 3 atom stereocenters. The van der Waals surface area contributed by atoms with Crippen LogP contribution in [-0.2, 0) is 14.4 Å². The molecule has 2 aliphatic heterocycles. The first kappa shape index (κ1) is 16.1. The summed E-state index contributed by atoms with van der Waals surface area (Å²) in [5.41, 5.74) is 0. The molecular weight excluding hydrogens is 296 g/mol. The number of hydrogen-bond donors (Lipinski definition) is 3. The molecule has 0 unspecified atom stereocenters. The number of hydrogen-bond acceptors (Lipinski definition) is 5. The van der Waals surface area contributed by atoms with Crippen LogP contribution >= 0.6 is 11.8 Å². The predicted octanol–water partition coefficient (Wildman–Crippen LogP) is -0.219. The Bertz CT molecular complexity index is 467. The largest absolute Gasteiger partial charge is 0.480 e. The highest BCUT2D eigenvalue weighted by Crippen LogP contribution is 2.50. The van der Waals surface area contributed by atoms with E-state index in [0.29, 0.717) is 12.8 Å². The molecule has 2 aliphatic rings. The van der Waals surface area contributed by atoms with Crippen LogP contribution in [0.25, 0.3) is 0 Å². The number of carboxylic acid groups (broad SMARTS) is 1. The maximum atomic E-state index is 12.1. The molecule has 2 heterocycles. The first-order valence-electron chi connectivity index (χ1n) is 6.92. The average Bonchev–Trinajstić information content (AvgIpc) is 2.65. The van der Waals surface area contributed by atoms with Gasteiger partial charge in [-0.25, -0.2) is 4.79 Å². The molecule has 2 fully saturated rings. The Labute approximate surface area is 127 Å². The lowest BCUT2D eigenvalue weighted by Gasteiger charge is -2.43. The number of fused-ring (bicyclic) bond motifs is 1. The minimum absolute atomic E-state index is 0.0381. The highest BCUT2D eigenvalue weighted by atomic mass is 32.2. The number of nitrogens with zero attached hydrogens (tertiary/aromatic N) is 1. The average molecular weight is 316 g/mol. The number of carboxylic acids is 1. The predicted molar refractivity (Wildman–Crippen MR) is 76.6 cm³/mol. The van der Waals surface area contributed by atoms with Crippen molar-refractivity contribution in [2.24, 2.45) is 0 Å². The van der Waals surface area contributed by atoms with Gasteiger partial charge in [0.05, 0.1) is 0 Å². The topological polar surface area (TPSA) is 107 Å². The number of rotatable bonds is 6. The fourth-order valence-electron chi connectivity index (χ4n) is 2.79. The van der Waals surface area contributed by atoms with Crippen molar-refractivity contribution in [2.45, 2.75) is 55.3 Å². The van der Waals surface area contributed by atoms with Gasteiger partial charge in [-0.1, -0.05) is 0 Å². The van der Waals surface area contributed by atoms with Crippen molar-refractivity contribution >= 4 is 29.5 Å². The summed E-state index contributed by atoms with van der Waals surface area (Å²) in [5, 5.41) is 20.3. The molecular formula is C13H20N2O5S. The first-order chi connectivity index (χ1) is 9.79. The van der Waals surface area contributed by atoms with Gasteiger partial charge in [0.1, 0.15) is 17.5 Å². The zero-order valence-electron chi connectivity index (χ0n) is 12.0. The van der Waals surface area contributed by atoms with Gasteiger partial charge in [-0.2, -0.15) is 0 Å². The monoisotopic (exact) mass is 316 g/mol. The lowest BCUT2D eigenvalue weighted by Crippen LogP contribution is -2.70. The quantitative estimate of drug-likeness (QED) is 0.462. The Balaban J connectivity index is 1.97. The zero-order chi connectivity index (χ0) is 15.8. The minimum atomic E-state index is -1.02. The van der Waals surface area contributed by atoms with E-state index in [-0.39, 0.29) is 30.2 Å².